The number of carbonyl (C=O) groups excluding carboxylic acids is 1. The lowest BCUT2D eigenvalue weighted by atomic mass is 9.58. The monoisotopic (exact) mass is 287 g/mol. The third kappa shape index (κ3) is 1.80. The van der Waals surface area contributed by atoms with Gasteiger partial charge in [0.25, 0.3) is 5.91 Å². The maximum Gasteiger partial charge on any atom is 0.254 e. The largest absolute Gasteiger partial charge is 0.381 e. The van der Waals surface area contributed by atoms with Crippen molar-refractivity contribution in [3.63, 3.8) is 0 Å². The highest BCUT2D eigenvalue weighted by Crippen LogP contribution is 2.54. The minimum Gasteiger partial charge on any atom is -0.381 e. The Kier molecular flexibility index (Phi) is 3.17. The van der Waals surface area contributed by atoms with Crippen LogP contribution in [0.1, 0.15) is 34.1 Å². The van der Waals surface area contributed by atoms with E-state index in [0.29, 0.717) is 11.8 Å². The quantitative estimate of drug-likeness (QED) is 0.740. The average Bonchev–Trinajstić information content (AvgIpc) is 2.64. The van der Waals surface area contributed by atoms with E-state index in [1.165, 1.54) is 11.1 Å². The first-order valence-electron chi connectivity index (χ1n) is 7.76. The molecule has 1 amide bonds. The molecule has 0 N–H and O–H groups in total. The van der Waals surface area contributed by atoms with Gasteiger partial charge in [-0.15, -0.1) is 0 Å². The van der Waals surface area contributed by atoms with Gasteiger partial charge in [-0.1, -0.05) is 26.8 Å². The number of hydrogen-bond acceptors (Lipinski definition) is 2. The fraction of sp³-hybridized carbons (Fsp3) is 0.611. The number of hydrogen-bond donors (Lipinski definition) is 0. The summed E-state index contributed by atoms with van der Waals surface area (Å²) in [5.41, 5.74) is 4.64. The summed E-state index contributed by atoms with van der Waals surface area (Å²) in [5, 5.41) is 0. The second-order valence-corrected chi connectivity index (χ2v) is 7.06. The van der Waals surface area contributed by atoms with Crippen LogP contribution in [0.25, 0.3) is 0 Å². The SMILES string of the molecule is COC1C(C)C=C2C=C3C(=C(C)C(=O)N3C)CC2(C)C1C. The number of fused-ring (bicyclic) bond motifs is 2. The topological polar surface area (TPSA) is 29.5 Å². The summed E-state index contributed by atoms with van der Waals surface area (Å²) in [7, 11) is 3.68. The summed E-state index contributed by atoms with van der Waals surface area (Å²) in [4.78, 5) is 14.0. The molecule has 1 heterocycles. The minimum atomic E-state index is 0.0543. The molecule has 3 nitrogen and oxygen atoms in total. The van der Waals surface area contributed by atoms with Gasteiger partial charge < -0.3 is 9.64 Å². The number of amides is 1. The first-order chi connectivity index (χ1) is 9.81. The van der Waals surface area contributed by atoms with Gasteiger partial charge in [0.2, 0.25) is 0 Å². The Bertz CT molecular complexity index is 598. The van der Waals surface area contributed by atoms with Crippen molar-refractivity contribution in [2.75, 3.05) is 14.2 Å². The van der Waals surface area contributed by atoms with Crippen molar-refractivity contribution in [1.82, 2.24) is 4.90 Å². The van der Waals surface area contributed by atoms with Crippen molar-refractivity contribution in [2.45, 2.75) is 40.2 Å². The number of methoxy groups -OCH3 is 1. The number of likely N-dealkylation sites (N-methyl/N-ethyl adjacent to an activating group) is 1. The highest BCUT2D eigenvalue weighted by molar-refractivity contribution is 6.00. The molecule has 2 aliphatic carbocycles. The van der Waals surface area contributed by atoms with Gasteiger partial charge in [-0.2, -0.15) is 0 Å². The third-order valence-electron chi connectivity index (χ3n) is 5.97. The molecule has 0 radical (unpaired) electrons. The zero-order valence-corrected chi connectivity index (χ0v) is 13.9. The fourth-order valence-corrected chi connectivity index (χ4v) is 4.35. The van der Waals surface area contributed by atoms with E-state index in [1.54, 1.807) is 12.0 Å². The molecule has 3 rings (SSSR count). The maximum atomic E-state index is 12.2. The molecule has 0 spiro atoms. The summed E-state index contributed by atoms with van der Waals surface area (Å²) < 4.78 is 5.75. The molecule has 0 aromatic heterocycles. The molecule has 0 saturated heterocycles. The van der Waals surface area contributed by atoms with E-state index in [2.05, 4.69) is 32.9 Å². The number of nitrogens with zero attached hydrogens (tertiary/aromatic N) is 1. The summed E-state index contributed by atoms with van der Waals surface area (Å²) in [6, 6.07) is 0. The van der Waals surface area contributed by atoms with Gasteiger partial charge in [0.1, 0.15) is 0 Å². The second kappa shape index (κ2) is 4.57. The van der Waals surface area contributed by atoms with Crippen LogP contribution in [0.5, 0.6) is 0 Å². The Balaban J connectivity index is 2.15. The van der Waals surface area contributed by atoms with Crippen molar-refractivity contribution >= 4 is 5.91 Å². The van der Waals surface area contributed by atoms with Gasteiger partial charge in [-0.3, -0.25) is 4.79 Å². The predicted molar refractivity (Wildman–Crippen MR) is 83.5 cm³/mol. The van der Waals surface area contributed by atoms with Crippen LogP contribution in [-0.2, 0) is 9.53 Å². The fourth-order valence-electron chi connectivity index (χ4n) is 4.35. The highest BCUT2D eigenvalue weighted by Gasteiger charge is 2.48. The number of allylic oxidation sites excluding steroid dienone is 3. The molecular formula is C18H25NO2. The molecule has 4 atom stereocenters. The number of rotatable bonds is 1. The van der Waals surface area contributed by atoms with E-state index in [0.717, 1.165) is 17.7 Å². The predicted octanol–water partition coefficient (Wildman–Crippen LogP) is 3.30. The Hall–Kier alpha value is -1.35. The minimum absolute atomic E-state index is 0.0543. The van der Waals surface area contributed by atoms with Crippen LogP contribution in [0.3, 0.4) is 0 Å². The van der Waals surface area contributed by atoms with E-state index in [9.17, 15) is 4.79 Å². The third-order valence-corrected chi connectivity index (χ3v) is 5.97. The van der Waals surface area contributed by atoms with Crippen molar-refractivity contribution in [3.8, 4) is 0 Å². The van der Waals surface area contributed by atoms with E-state index in [-0.39, 0.29) is 17.4 Å². The van der Waals surface area contributed by atoms with Crippen LogP contribution in [-0.4, -0.2) is 31.1 Å². The standard InChI is InChI=1S/C18H25NO2/c1-10-7-13-8-15-14(11(2)17(20)19(15)5)9-18(13,4)12(3)16(10)21-6/h7-8,10,12,16H,9H2,1-6H3. The second-order valence-electron chi connectivity index (χ2n) is 7.06. The molecule has 114 valence electrons. The van der Waals surface area contributed by atoms with Gasteiger partial charge >= 0.3 is 0 Å². The Morgan fingerprint density at radius 2 is 2.05 bits per heavy atom. The lowest BCUT2D eigenvalue weighted by molar-refractivity contribution is -0.123. The lowest BCUT2D eigenvalue weighted by Crippen LogP contribution is -2.45. The van der Waals surface area contributed by atoms with Crippen molar-refractivity contribution in [2.24, 2.45) is 17.3 Å². The van der Waals surface area contributed by atoms with Crippen molar-refractivity contribution < 1.29 is 9.53 Å². The Morgan fingerprint density at radius 1 is 1.38 bits per heavy atom. The number of ether oxygens (including phenoxy) is 1. The molecule has 4 unspecified atom stereocenters. The first kappa shape index (κ1) is 14.6. The maximum absolute atomic E-state index is 12.2. The normalized spacial score (nSPS) is 39.0. The van der Waals surface area contributed by atoms with Crippen molar-refractivity contribution in [3.05, 3.63) is 34.6 Å². The van der Waals surface area contributed by atoms with Gasteiger partial charge in [0.15, 0.2) is 0 Å². The molecular weight excluding hydrogens is 262 g/mol. The van der Waals surface area contributed by atoms with Crippen LogP contribution < -0.4 is 0 Å². The van der Waals surface area contributed by atoms with Gasteiger partial charge in [-0.05, 0) is 36.5 Å². The lowest BCUT2D eigenvalue weighted by Gasteiger charge is -2.48. The average molecular weight is 287 g/mol. The van der Waals surface area contributed by atoms with Crippen LogP contribution in [0.4, 0.5) is 0 Å². The number of carbonyl (C=O) groups is 1. The molecule has 0 aromatic rings. The molecule has 3 heteroatoms. The molecule has 0 bridgehead atoms. The van der Waals surface area contributed by atoms with E-state index < -0.39 is 0 Å². The zero-order chi connectivity index (χ0) is 15.5. The molecule has 0 saturated carbocycles. The van der Waals surface area contributed by atoms with Crippen LogP contribution >= 0.6 is 0 Å². The van der Waals surface area contributed by atoms with Gasteiger partial charge in [0.05, 0.1) is 6.10 Å². The highest BCUT2D eigenvalue weighted by atomic mass is 16.5. The van der Waals surface area contributed by atoms with E-state index in [1.807, 2.05) is 14.0 Å². The smallest absolute Gasteiger partial charge is 0.254 e. The van der Waals surface area contributed by atoms with Crippen LogP contribution in [0, 0.1) is 17.3 Å². The zero-order valence-electron chi connectivity index (χ0n) is 13.9. The summed E-state index contributed by atoms with van der Waals surface area (Å²) in [6.45, 7) is 8.78. The summed E-state index contributed by atoms with van der Waals surface area (Å²) >= 11 is 0. The molecule has 0 fully saturated rings. The Morgan fingerprint density at radius 3 is 2.67 bits per heavy atom. The van der Waals surface area contributed by atoms with Crippen LogP contribution in [0.2, 0.25) is 0 Å². The van der Waals surface area contributed by atoms with Gasteiger partial charge in [0, 0.05) is 36.8 Å². The van der Waals surface area contributed by atoms with Crippen LogP contribution in [0.15, 0.2) is 34.6 Å². The summed E-state index contributed by atoms with van der Waals surface area (Å²) in [6.07, 6.45) is 5.74. The molecule has 0 aromatic carbocycles. The molecule has 3 aliphatic rings. The Labute approximate surface area is 127 Å². The molecule has 21 heavy (non-hydrogen) atoms. The van der Waals surface area contributed by atoms with E-state index >= 15 is 0 Å². The first-order valence-corrected chi connectivity index (χ1v) is 7.76. The summed E-state index contributed by atoms with van der Waals surface area (Å²) in [5.74, 6) is 0.971. The van der Waals surface area contributed by atoms with Gasteiger partial charge in [-0.25, -0.2) is 0 Å². The van der Waals surface area contributed by atoms with Crippen molar-refractivity contribution in [1.29, 1.82) is 0 Å². The van der Waals surface area contributed by atoms with E-state index in [4.69, 9.17) is 4.74 Å². The molecule has 1 aliphatic heterocycles.